The summed E-state index contributed by atoms with van der Waals surface area (Å²) in [6, 6.07) is 13.7. The maximum Gasteiger partial charge on any atom is 0.323 e. The van der Waals surface area contributed by atoms with Gasteiger partial charge in [0.1, 0.15) is 12.6 Å². The van der Waals surface area contributed by atoms with E-state index in [1.165, 1.54) is 34.5 Å². The van der Waals surface area contributed by atoms with Gasteiger partial charge in [0.2, 0.25) is 5.91 Å². The highest BCUT2D eigenvalue weighted by Crippen LogP contribution is 2.66. The minimum atomic E-state index is -1.02. The van der Waals surface area contributed by atoms with Gasteiger partial charge in [0.25, 0.3) is 0 Å². The molecule has 1 amide bonds. The molecule has 1 aromatic carbocycles. The third-order valence-corrected chi connectivity index (χ3v) is 14.1. The number of rotatable bonds is 13. The molecule has 4 aliphatic carbocycles. The number of carbonyl (C=O) groups is 3. The molecular formula is C39H48N2O5S2. The lowest BCUT2D eigenvalue weighted by molar-refractivity contribution is -0.150. The predicted octanol–water partition coefficient (Wildman–Crippen LogP) is 8.22. The second-order valence-corrected chi connectivity index (χ2v) is 17.1. The van der Waals surface area contributed by atoms with Crippen LogP contribution in [0, 0.1) is 28.6 Å². The lowest BCUT2D eigenvalue weighted by atomic mass is 9.47. The van der Waals surface area contributed by atoms with Crippen molar-refractivity contribution in [3.63, 3.8) is 0 Å². The molecule has 256 valence electrons. The molecule has 0 radical (unpaired) electrons. The van der Waals surface area contributed by atoms with Crippen molar-refractivity contribution in [2.24, 2.45) is 28.6 Å². The van der Waals surface area contributed by atoms with E-state index >= 15 is 0 Å². The van der Waals surface area contributed by atoms with Crippen LogP contribution in [0.4, 0.5) is 0 Å². The highest BCUT2D eigenvalue weighted by atomic mass is 33.1. The van der Waals surface area contributed by atoms with Gasteiger partial charge in [-0.15, -0.1) is 0 Å². The van der Waals surface area contributed by atoms with Crippen LogP contribution in [0.25, 0.3) is 5.57 Å². The number of allylic oxidation sites excluding steroid dienone is 3. The van der Waals surface area contributed by atoms with E-state index in [1.54, 1.807) is 21.6 Å². The van der Waals surface area contributed by atoms with E-state index < -0.39 is 5.97 Å². The number of hydrogen-bond donors (Lipinski definition) is 1. The van der Waals surface area contributed by atoms with Crippen LogP contribution in [0.2, 0.25) is 0 Å². The van der Waals surface area contributed by atoms with Gasteiger partial charge in [-0.2, -0.15) is 0 Å². The van der Waals surface area contributed by atoms with E-state index in [4.69, 9.17) is 4.74 Å². The van der Waals surface area contributed by atoms with Crippen LogP contribution in [-0.2, 0) is 25.7 Å². The second kappa shape index (κ2) is 15.2. The van der Waals surface area contributed by atoms with Crippen LogP contribution in [0.3, 0.4) is 0 Å². The van der Waals surface area contributed by atoms with Gasteiger partial charge in [-0.05, 0) is 89.9 Å². The SMILES string of the molecule is C[C@]12CC[C@H](OC(=O)CCSSCCC(=O)N(CC(=O)O)Cc3ccccc3)CC1=CCC1C2CC[C@]2(C)C(c3cccnc3)=CCC12. The van der Waals surface area contributed by atoms with Crippen molar-refractivity contribution in [1.29, 1.82) is 0 Å². The van der Waals surface area contributed by atoms with Gasteiger partial charge in [0.15, 0.2) is 0 Å². The number of fused-ring (bicyclic) bond motifs is 5. The molecule has 2 fully saturated rings. The topological polar surface area (TPSA) is 96.8 Å². The van der Waals surface area contributed by atoms with Gasteiger partial charge in [-0.1, -0.05) is 89.6 Å². The molecule has 9 heteroatoms. The molecule has 0 saturated heterocycles. The van der Waals surface area contributed by atoms with Crippen molar-refractivity contribution < 1.29 is 24.2 Å². The minimum Gasteiger partial charge on any atom is -0.480 e. The summed E-state index contributed by atoms with van der Waals surface area (Å²) in [4.78, 5) is 42.6. The van der Waals surface area contributed by atoms with Gasteiger partial charge in [0.05, 0.1) is 6.42 Å². The van der Waals surface area contributed by atoms with Crippen LogP contribution in [-0.4, -0.2) is 57.0 Å². The Labute approximate surface area is 292 Å². The Hall–Kier alpha value is -3.04. The largest absolute Gasteiger partial charge is 0.480 e. The average molecular weight is 689 g/mol. The van der Waals surface area contributed by atoms with Crippen molar-refractivity contribution >= 4 is 45.0 Å². The van der Waals surface area contributed by atoms with E-state index in [0.29, 0.717) is 35.7 Å². The molecule has 1 aromatic heterocycles. The summed E-state index contributed by atoms with van der Waals surface area (Å²) in [5, 5.41) is 9.26. The summed E-state index contributed by atoms with van der Waals surface area (Å²) in [5.74, 6) is 1.87. The number of aliphatic carboxylic acids is 1. The van der Waals surface area contributed by atoms with Crippen LogP contribution < -0.4 is 0 Å². The Balaban J connectivity index is 0.930. The number of nitrogens with zero attached hydrogens (tertiary/aromatic N) is 2. The molecule has 7 nitrogen and oxygen atoms in total. The van der Waals surface area contributed by atoms with Crippen molar-refractivity contribution in [2.45, 2.75) is 84.3 Å². The lowest BCUT2D eigenvalue weighted by Crippen LogP contribution is -2.50. The molecule has 0 bridgehead atoms. The van der Waals surface area contributed by atoms with E-state index in [-0.39, 0.29) is 48.3 Å². The molecular weight excluding hydrogens is 641 g/mol. The Bertz CT molecular complexity index is 1530. The van der Waals surface area contributed by atoms with E-state index in [2.05, 4.69) is 43.1 Å². The summed E-state index contributed by atoms with van der Waals surface area (Å²) >= 11 is 0. The fraction of sp³-hybridized carbons (Fsp3) is 0.538. The van der Waals surface area contributed by atoms with E-state index in [9.17, 15) is 19.5 Å². The van der Waals surface area contributed by atoms with Gasteiger partial charge in [-0.25, -0.2) is 0 Å². The zero-order valence-corrected chi connectivity index (χ0v) is 29.8. The fourth-order valence-corrected chi connectivity index (χ4v) is 11.2. The highest BCUT2D eigenvalue weighted by Gasteiger charge is 2.57. The average Bonchev–Trinajstić information content (AvgIpc) is 3.44. The molecule has 2 saturated carbocycles. The first-order chi connectivity index (χ1) is 23.2. The summed E-state index contributed by atoms with van der Waals surface area (Å²) in [6.45, 7) is 4.94. The number of ether oxygens (including phenoxy) is 1. The van der Waals surface area contributed by atoms with Crippen molar-refractivity contribution in [2.75, 3.05) is 18.1 Å². The third-order valence-electron chi connectivity index (χ3n) is 11.7. The Kier molecular flexibility index (Phi) is 11.1. The third kappa shape index (κ3) is 7.57. The molecule has 1 heterocycles. The molecule has 0 aliphatic heterocycles. The first kappa shape index (κ1) is 34.8. The summed E-state index contributed by atoms with van der Waals surface area (Å²) in [7, 11) is 3.10. The van der Waals surface area contributed by atoms with Gasteiger partial charge in [-0.3, -0.25) is 19.4 Å². The van der Waals surface area contributed by atoms with Crippen LogP contribution in [0.15, 0.2) is 72.6 Å². The maximum atomic E-state index is 12.8. The second-order valence-electron chi connectivity index (χ2n) is 14.4. The monoisotopic (exact) mass is 688 g/mol. The predicted molar refractivity (Wildman–Crippen MR) is 193 cm³/mol. The summed E-state index contributed by atoms with van der Waals surface area (Å²) in [6.07, 6.45) is 17.1. The molecule has 6 rings (SSSR count). The highest BCUT2D eigenvalue weighted by molar-refractivity contribution is 8.76. The van der Waals surface area contributed by atoms with Gasteiger partial charge < -0.3 is 14.7 Å². The number of amides is 1. The number of carboxylic acids is 1. The minimum absolute atomic E-state index is 0.0485. The molecule has 2 aromatic rings. The zero-order chi connectivity index (χ0) is 33.7. The zero-order valence-electron chi connectivity index (χ0n) is 28.1. The molecule has 3 unspecified atom stereocenters. The van der Waals surface area contributed by atoms with E-state index in [0.717, 1.165) is 37.7 Å². The number of esters is 1. The number of carboxylic acid groups (broad SMARTS) is 1. The van der Waals surface area contributed by atoms with Gasteiger partial charge >= 0.3 is 11.9 Å². The maximum absolute atomic E-state index is 12.8. The molecule has 0 spiro atoms. The number of aromatic nitrogens is 1. The molecule has 48 heavy (non-hydrogen) atoms. The van der Waals surface area contributed by atoms with Crippen molar-refractivity contribution in [3.05, 3.63) is 83.7 Å². The Morgan fingerprint density at radius 1 is 0.938 bits per heavy atom. The first-order valence-corrected chi connectivity index (χ1v) is 19.9. The van der Waals surface area contributed by atoms with Gasteiger partial charge in [0, 0.05) is 43.3 Å². The number of pyridine rings is 1. The van der Waals surface area contributed by atoms with Crippen LogP contribution >= 0.6 is 21.6 Å². The molecule has 1 N–H and O–H groups in total. The Morgan fingerprint density at radius 3 is 2.46 bits per heavy atom. The smallest absolute Gasteiger partial charge is 0.323 e. The molecule has 4 aliphatic rings. The summed E-state index contributed by atoms with van der Waals surface area (Å²) < 4.78 is 6.01. The normalized spacial score (nSPS) is 29.0. The molecule has 6 atom stereocenters. The number of carbonyl (C=O) groups excluding carboxylic acids is 2. The lowest BCUT2D eigenvalue weighted by Gasteiger charge is -2.57. The summed E-state index contributed by atoms with van der Waals surface area (Å²) in [5.41, 5.74) is 5.60. The fourth-order valence-electron chi connectivity index (χ4n) is 9.24. The quantitative estimate of drug-likeness (QED) is 0.0974. The van der Waals surface area contributed by atoms with Crippen molar-refractivity contribution in [1.82, 2.24) is 9.88 Å². The number of hydrogen-bond acceptors (Lipinski definition) is 7. The first-order valence-electron chi connectivity index (χ1n) is 17.5. The van der Waals surface area contributed by atoms with E-state index in [1.807, 2.05) is 42.7 Å². The van der Waals surface area contributed by atoms with Crippen LogP contribution in [0.1, 0.15) is 82.8 Å². The van der Waals surface area contributed by atoms with Crippen LogP contribution in [0.5, 0.6) is 0 Å². The number of benzene rings is 1. The Morgan fingerprint density at radius 2 is 1.71 bits per heavy atom. The standard InChI is InChI=1S/C39H48N2O5S2/c1-38-18-14-30(46-37(45)17-22-48-47-21-16-35(42)41(26-36(43)44)25-27-7-4-3-5-8-27)23-29(38)10-11-31-33-13-12-32(28-9-6-20-40-24-28)39(33,2)19-15-34(31)38/h3-10,12,20,24,30-31,33-34H,11,13-19,21-23,25-26H2,1-2H3,(H,43,44)/t30-,31?,33?,34?,38-,39+/m0/s1. The van der Waals surface area contributed by atoms with Crippen molar-refractivity contribution in [3.8, 4) is 0 Å².